The first kappa shape index (κ1) is 12.7. The number of halogens is 2. The third-order valence-corrected chi connectivity index (χ3v) is 4.95. The molecule has 0 fully saturated rings. The quantitative estimate of drug-likeness (QED) is 0.634. The zero-order valence-electron chi connectivity index (χ0n) is 9.65. The Labute approximate surface area is 127 Å². The van der Waals surface area contributed by atoms with Gasteiger partial charge < -0.3 is 11.1 Å². The minimum atomic E-state index is 0.644. The van der Waals surface area contributed by atoms with Gasteiger partial charge in [-0.1, -0.05) is 17.7 Å². The summed E-state index contributed by atoms with van der Waals surface area (Å²) >= 11 is 11.1. The van der Waals surface area contributed by atoms with Crippen molar-refractivity contribution < 1.29 is 0 Å². The van der Waals surface area contributed by atoms with E-state index in [9.17, 15) is 0 Å². The van der Waals surface area contributed by atoms with Crippen LogP contribution in [0.1, 0.15) is 0 Å². The summed E-state index contributed by atoms with van der Waals surface area (Å²) in [4.78, 5) is 4.28. The number of nitrogens with zero attached hydrogens (tertiary/aromatic N) is 1. The Morgan fingerprint density at radius 3 is 2.89 bits per heavy atom. The SMILES string of the molecule is Nc1c(Nc2cccc(Cl)c2Br)ccc2scnc12. The van der Waals surface area contributed by atoms with Crippen LogP contribution in [0.5, 0.6) is 0 Å². The van der Waals surface area contributed by atoms with Gasteiger partial charge >= 0.3 is 0 Å². The smallest absolute Gasteiger partial charge is 0.106 e. The highest BCUT2D eigenvalue weighted by atomic mass is 79.9. The molecule has 0 unspecified atom stereocenters. The fourth-order valence-electron chi connectivity index (χ4n) is 1.81. The molecular formula is C13H9BrClN3S. The number of hydrogen-bond donors (Lipinski definition) is 2. The number of nitrogen functional groups attached to an aromatic ring is 1. The van der Waals surface area contributed by atoms with Gasteiger partial charge in [-0.15, -0.1) is 11.3 Å². The summed E-state index contributed by atoms with van der Waals surface area (Å²) in [6.07, 6.45) is 0. The van der Waals surface area contributed by atoms with Crippen molar-refractivity contribution in [2.45, 2.75) is 0 Å². The van der Waals surface area contributed by atoms with Crippen LogP contribution >= 0.6 is 38.9 Å². The maximum atomic E-state index is 6.13. The van der Waals surface area contributed by atoms with E-state index in [1.54, 1.807) is 16.8 Å². The van der Waals surface area contributed by atoms with Gasteiger partial charge in [-0.25, -0.2) is 4.98 Å². The Morgan fingerprint density at radius 1 is 1.21 bits per heavy atom. The summed E-state index contributed by atoms with van der Waals surface area (Å²) in [6, 6.07) is 9.59. The Morgan fingerprint density at radius 2 is 2.05 bits per heavy atom. The summed E-state index contributed by atoms with van der Waals surface area (Å²) in [6.45, 7) is 0. The first-order valence-corrected chi connectivity index (χ1v) is 7.54. The fraction of sp³-hybridized carbons (Fsp3) is 0. The van der Waals surface area contributed by atoms with Gasteiger partial charge in [0.15, 0.2) is 0 Å². The van der Waals surface area contributed by atoms with Crippen molar-refractivity contribution in [3.63, 3.8) is 0 Å². The first-order valence-electron chi connectivity index (χ1n) is 5.49. The molecule has 2 aromatic carbocycles. The number of aromatic nitrogens is 1. The summed E-state index contributed by atoms with van der Waals surface area (Å²) in [5.74, 6) is 0. The molecule has 1 heterocycles. The van der Waals surface area contributed by atoms with Gasteiger partial charge in [-0.2, -0.15) is 0 Å². The molecule has 96 valence electrons. The van der Waals surface area contributed by atoms with Gasteiger partial charge in [0, 0.05) is 0 Å². The van der Waals surface area contributed by atoms with E-state index in [4.69, 9.17) is 17.3 Å². The largest absolute Gasteiger partial charge is 0.395 e. The number of rotatable bonds is 2. The van der Waals surface area contributed by atoms with E-state index in [1.807, 2.05) is 30.3 Å². The van der Waals surface area contributed by atoms with Crippen molar-refractivity contribution in [3.05, 3.63) is 45.3 Å². The highest BCUT2D eigenvalue weighted by Gasteiger charge is 2.09. The lowest BCUT2D eigenvalue weighted by molar-refractivity contribution is 1.48. The lowest BCUT2D eigenvalue weighted by atomic mass is 10.2. The molecule has 3 nitrogen and oxygen atoms in total. The van der Waals surface area contributed by atoms with E-state index in [0.29, 0.717) is 10.7 Å². The van der Waals surface area contributed by atoms with Gasteiger partial charge in [0.1, 0.15) is 5.52 Å². The third-order valence-electron chi connectivity index (χ3n) is 2.76. The highest BCUT2D eigenvalue weighted by Crippen LogP contribution is 2.36. The third kappa shape index (κ3) is 2.29. The number of nitrogens with one attached hydrogen (secondary N) is 1. The molecule has 3 rings (SSSR count). The lowest BCUT2D eigenvalue weighted by Crippen LogP contribution is -1.97. The van der Waals surface area contributed by atoms with Crippen LogP contribution in [0.15, 0.2) is 40.3 Å². The average molecular weight is 355 g/mol. The van der Waals surface area contributed by atoms with E-state index in [1.165, 1.54) is 0 Å². The van der Waals surface area contributed by atoms with Crippen LogP contribution < -0.4 is 11.1 Å². The minimum absolute atomic E-state index is 0.644. The number of benzene rings is 2. The molecule has 19 heavy (non-hydrogen) atoms. The molecule has 0 aliphatic carbocycles. The zero-order chi connectivity index (χ0) is 13.4. The van der Waals surface area contributed by atoms with Crippen LogP contribution in [0.2, 0.25) is 5.02 Å². The van der Waals surface area contributed by atoms with Crippen LogP contribution in [-0.2, 0) is 0 Å². The zero-order valence-corrected chi connectivity index (χ0v) is 12.8. The van der Waals surface area contributed by atoms with Crippen LogP contribution in [0.25, 0.3) is 10.2 Å². The molecule has 0 radical (unpaired) electrons. The van der Waals surface area contributed by atoms with Crippen LogP contribution in [0, 0.1) is 0 Å². The standard InChI is InChI=1S/C13H9BrClN3S/c14-11-7(15)2-1-3-8(11)18-9-4-5-10-13(12(9)16)17-6-19-10/h1-6,18H,16H2. The monoisotopic (exact) mass is 353 g/mol. The summed E-state index contributed by atoms with van der Waals surface area (Å²) in [5.41, 5.74) is 11.1. The van der Waals surface area contributed by atoms with Crippen molar-refractivity contribution in [1.82, 2.24) is 4.98 Å². The molecule has 0 saturated carbocycles. The summed E-state index contributed by atoms with van der Waals surface area (Å²) < 4.78 is 1.89. The molecule has 0 spiro atoms. The van der Waals surface area contributed by atoms with Gasteiger partial charge in [-0.05, 0) is 40.2 Å². The molecule has 3 aromatic rings. The van der Waals surface area contributed by atoms with Crippen molar-refractivity contribution in [2.24, 2.45) is 0 Å². The maximum Gasteiger partial charge on any atom is 0.106 e. The summed E-state index contributed by atoms with van der Waals surface area (Å²) in [7, 11) is 0. The topological polar surface area (TPSA) is 50.9 Å². The Kier molecular flexibility index (Phi) is 3.35. The van der Waals surface area contributed by atoms with E-state index < -0.39 is 0 Å². The molecule has 1 aromatic heterocycles. The van der Waals surface area contributed by atoms with Gasteiger partial charge in [-0.3, -0.25) is 0 Å². The van der Waals surface area contributed by atoms with E-state index >= 15 is 0 Å². The second kappa shape index (κ2) is 5.00. The normalized spacial score (nSPS) is 10.8. The predicted molar refractivity (Wildman–Crippen MR) is 86.5 cm³/mol. The molecule has 0 atom stereocenters. The highest BCUT2D eigenvalue weighted by molar-refractivity contribution is 9.10. The van der Waals surface area contributed by atoms with Crippen molar-refractivity contribution >= 4 is 66.1 Å². The Hall–Kier alpha value is -1.30. The molecule has 6 heteroatoms. The molecule has 0 aliphatic heterocycles. The van der Waals surface area contributed by atoms with E-state index in [2.05, 4.69) is 26.2 Å². The minimum Gasteiger partial charge on any atom is -0.395 e. The van der Waals surface area contributed by atoms with Crippen LogP contribution in [0.4, 0.5) is 17.1 Å². The van der Waals surface area contributed by atoms with E-state index in [-0.39, 0.29) is 0 Å². The van der Waals surface area contributed by atoms with Gasteiger partial charge in [0.05, 0.1) is 36.8 Å². The average Bonchev–Trinajstić information content (AvgIpc) is 2.87. The fourth-order valence-corrected chi connectivity index (χ4v) is 3.04. The number of hydrogen-bond acceptors (Lipinski definition) is 4. The molecular weight excluding hydrogens is 346 g/mol. The molecule has 0 saturated heterocycles. The van der Waals surface area contributed by atoms with Gasteiger partial charge in [0.25, 0.3) is 0 Å². The van der Waals surface area contributed by atoms with Crippen LogP contribution in [-0.4, -0.2) is 4.98 Å². The number of nitrogens with two attached hydrogens (primary N) is 1. The molecule has 0 amide bonds. The molecule has 3 N–H and O–H groups in total. The van der Waals surface area contributed by atoms with Crippen molar-refractivity contribution in [1.29, 1.82) is 0 Å². The van der Waals surface area contributed by atoms with Gasteiger partial charge in [0.2, 0.25) is 0 Å². The molecule has 0 aliphatic rings. The predicted octanol–water partition coefficient (Wildman–Crippen LogP) is 5.04. The number of thiazole rings is 1. The number of fused-ring (bicyclic) bond motifs is 1. The Balaban J connectivity index is 2.05. The second-order valence-corrected chi connectivity index (χ2v) is 6.04. The second-order valence-electron chi connectivity index (χ2n) is 3.95. The van der Waals surface area contributed by atoms with E-state index in [0.717, 1.165) is 26.1 Å². The van der Waals surface area contributed by atoms with Crippen LogP contribution in [0.3, 0.4) is 0 Å². The number of anilines is 3. The van der Waals surface area contributed by atoms with Crippen molar-refractivity contribution in [2.75, 3.05) is 11.1 Å². The summed E-state index contributed by atoms with van der Waals surface area (Å²) in [5, 5.41) is 3.92. The maximum absolute atomic E-state index is 6.13. The molecule has 0 bridgehead atoms. The Bertz CT molecular complexity index is 757. The van der Waals surface area contributed by atoms with Crippen molar-refractivity contribution in [3.8, 4) is 0 Å². The lowest BCUT2D eigenvalue weighted by Gasteiger charge is -2.12. The first-order chi connectivity index (χ1) is 9.16.